The number of amides is 1. The van der Waals surface area contributed by atoms with Gasteiger partial charge in [0.25, 0.3) is 0 Å². The van der Waals surface area contributed by atoms with Crippen LogP contribution in [0.2, 0.25) is 0 Å². The van der Waals surface area contributed by atoms with Crippen molar-refractivity contribution in [3.63, 3.8) is 0 Å². The topological polar surface area (TPSA) is 57.6 Å². The second-order valence-corrected chi connectivity index (χ2v) is 5.57. The van der Waals surface area contributed by atoms with Gasteiger partial charge in [-0.15, -0.1) is 0 Å². The highest BCUT2D eigenvalue weighted by Crippen LogP contribution is 2.17. The number of nitrogens with zero attached hydrogens (tertiary/aromatic N) is 1. The summed E-state index contributed by atoms with van der Waals surface area (Å²) in [4.78, 5) is 24.8. The van der Waals surface area contributed by atoms with Gasteiger partial charge in [-0.05, 0) is 42.9 Å². The van der Waals surface area contributed by atoms with Gasteiger partial charge in [-0.1, -0.05) is 19.1 Å². The minimum Gasteiger partial charge on any atom is -0.478 e. The molecule has 20 heavy (non-hydrogen) atoms. The van der Waals surface area contributed by atoms with Gasteiger partial charge in [0.1, 0.15) is 0 Å². The molecule has 0 unspecified atom stereocenters. The van der Waals surface area contributed by atoms with Gasteiger partial charge in [-0.25, -0.2) is 4.79 Å². The molecular weight excluding hydrogens is 254 g/mol. The lowest BCUT2D eigenvalue weighted by Gasteiger charge is -2.30. The van der Waals surface area contributed by atoms with Gasteiger partial charge in [0.05, 0.1) is 5.56 Å². The normalized spacial score (nSPS) is 16.1. The standard InChI is InChI=1S/C16H21NO3/c1-12-8-10-17(11-9-12)15(18)7-4-13-2-5-14(6-3-13)16(19)20/h2-3,5-6,12H,4,7-11H2,1H3,(H,19,20). The molecule has 1 aliphatic heterocycles. The molecule has 1 aromatic rings. The van der Waals surface area contributed by atoms with Crippen LogP contribution in [-0.2, 0) is 11.2 Å². The Balaban J connectivity index is 1.82. The van der Waals surface area contributed by atoms with Crippen molar-refractivity contribution in [2.45, 2.75) is 32.6 Å². The molecular formula is C16H21NO3. The van der Waals surface area contributed by atoms with Gasteiger partial charge >= 0.3 is 5.97 Å². The van der Waals surface area contributed by atoms with Crippen LogP contribution in [0.1, 0.15) is 42.1 Å². The van der Waals surface area contributed by atoms with E-state index in [2.05, 4.69) is 6.92 Å². The number of likely N-dealkylation sites (tertiary alicyclic amines) is 1. The molecule has 1 N–H and O–H groups in total. The molecule has 1 aromatic carbocycles. The van der Waals surface area contributed by atoms with E-state index >= 15 is 0 Å². The van der Waals surface area contributed by atoms with E-state index in [4.69, 9.17) is 5.11 Å². The van der Waals surface area contributed by atoms with Crippen molar-refractivity contribution in [1.82, 2.24) is 4.90 Å². The average Bonchev–Trinajstić information content (AvgIpc) is 2.46. The number of aryl methyl sites for hydroxylation is 1. The summed E-state index contributed by atoms with van der Waals surface area (Å²) in [7, 11) is 0. The first-order chi connectivity index (χ1) is 9.56. The van der Waals surface area contributed by atoms with E-state index in [1.165, 1.54) is 0 Å². The zero-order chi connectivity index (χ0) is 14.5. The first-order valence-corrected chi connectivity index (χ1v) is 7.16. The van der Waals surface area contributed by atoms with Crippen LogP contribution in [0.15, 0.2) is 24.3 Å². The van der Waals surface area contributed by atoms with Crippen LogP contribution in [0.25, 0.3) is 0 Å². The maximum atomic E-state index is 12.1. The molecule has 4 heteroatoms. The van der Waals surface area contributed by atoms with Crippen LogP contribution in [0, 0.1) is 5.92 Å². The third-order valence-electron chi connectivity index (χ3n) is 3.96. The zero-order valence-corrected chi connectivity index (χ0v) is 11.8. The highest BCUT2D eigenvalue weighted by molar-refractivity contribution is 5.87. The molecule has 0 radical (unpaired) electrons. The Labute approximate surface area is 119 Å². The minimum atomic E-state index is -0.921. The van der Waals surface area contributed by atoms with Crippen molar-refractivity contribution in [2.75, 3.05) is 13.1 Å². The predicted molar refractivity (Wildman–Crippen MR) is 76.7 cm³/mol. The molecule has 1 amide bonds. The number of carbonyl (C=O) groups is 2. The fourth-order valence-electron chi connectivity index (χ4n) is 2.48. The number of benzene rings is 1. The molecule has 1 fully saturated rings. The highest BCUT2D eigenvalue weighted by atomic mass is 16.4. The van der Waals surface area contributed by atoms with E-state index < -0.39 is 5.97 Å². The summed E-state index contributed by atoms with van der Waals surface area (Å²) in [5, 5.41) is 8.82. The number of piperidine rings is 1. The summed E-state index contributed by atoms with van der Waals surface area (Å²) < 4.78 is 0. The van der Waals surface area contributed by atoms with Crippen molar-refractivity contribution in [2.24, 2.45) is 5.92 Å². The van der Waals surface area contributed by atoms with Crippen LogP contribution in [0.3, 0.4) is 0 Å². The number of hydrogen-bond donors (Lipinski definition) is 1. The maximum Gasteiger partial charge on any atom is 0.335 e. The quantitative estimate of drug-likeness (QED) is 0.918. The van der Waals surface area contributed by atoms with Gasteiger partial charge in [0.15, 0.2) is 0 Å². The fourth-order valence-corrected chi connectivity index (χ4v) is 2.48. The second-order valence-electron chi connectivity index (χ2n) is 5.57. The van der Waals surface area contributed by atoms with Gasteiger partial charge in [-0.3, -0.25) is 4.79 Å². The van der Waals surface area contributed by atoms with Crippen LogP contribution in [0.4, 0.5) is 0 Å². The molecule has 1 heterocycles. The number of carboxylic acids is 1. The van der Waals surface area contributed by atoms with E-state index in [9.17, 15) is 9.59 Å². The predicted octanol–water partition coefficient (Wildman–Crippen LogP) is 2.58. The first-order valence-electron chi connectivity index (χ1n) is 7.16. The van der Waals surface area contributed by atoms with Crippen LogP contribution in [0.5, 0.6) is 0 Å². The van der Waals surface area contributed by atoms with E-state index in [0.717, 1.165) is 37.4 Å². The molecule has 0 spiro atoms. The molecule has 0 aromatic heterocycles. The summed E-state index contributed by atoms with van der Waals surface area (Å²) >= 11 is 0. The van der Waals surface area contributed by atoms with Crippen molar-refractivity contribution in [3.05, 3.63) is 35.4 Å². The summed E-state index contributed by atoms with van der Waals surface area (Å²) in [6.07, 6.45) is 3.36. The third-order valence-corrected chi connectivity index (χ3v) is 3.96. The Hall–Kier alpha value is -1.84. The molecule has 0 aliphatic carbocycles. The molecule has 0 atom stereocenters. The maximum absolute atomic E-state index is 12.1. The number of rotatable bonds is 4. The zero-order valence-electron chi connectivity index (χ0n) is 11.8. The second kappa shape index (κ2) is 6.55. The minimum absolute atomic E-state index is 0.208. The lowest BCUT2D eigenvalue weighted by Crippen LogP contribution is -2.37. The summed E-state index contributed by atoms with van der Waals surface area (Å²) in [5.41, 5.74) is 1.29. The number of carbonyl (C=O) groups excluding carboxylic acids is 1. The summed E-state index contributed by atoms with van der Waals surface area (Å²) in [6, 6.07) is 6.75. The highest BCUT2D eigenvalue weighted by Gasteiger charge is 2.19. The average molecular weight is 275 g/mol. The lowest BCUT2D eigenvalue weighted by molar-refractivity contribution is -0.132. The van der Waals surface area contributed by atoms with Crippen LogP contribution < -0.4 is 0 Å². The van der Waals surface area contributed by atoms with E-state index in [1.54, 1.807) is 24.3 Å². The van der Waals surface area contributed by atoms with E-state index in [-0.39, 0.29) is 11.5 Å². The Morgan fingerprint density at radius 2 is 1.80 bits per heavy atom. The van der Waals surface area contributed by atoms with Gasteiger partial charge in [-0.2, -0.15) is 0 Å². The van der Waals surface area contributed by atoms with Crippen LogP contribution >= 0.6 is 0 Å². The molecule has 2 rings (SSSR count). The van der Waals surface area contributed by atoms with Gasteiger partial charge in [0.2, 0.25) is 5.91 Å². The Morgan fingerprint density at radius 3 is 2.35 bits per heavy atom. The SMILES string of the molecule is CC1CCN(C(=O)CCc2ccc(C(=O)O)cc2)CC1. The summed E-state index contributed by atoms with van der Waals surface area (Å²) in [6.45, 7) is 3.97. The molecule has 1 aliphatic rings. The number of carboxylic acid groups (broad SMARTS) is 1. The fraction of sp³-hybridized carbons (Fsp3) is 0.500. The number of hydrogen-bond acceptors (Lipinski definition) is 2. The van der Waals surface area contributed by atoms with Crippen molar-refractivity contribution < 1.29 is 14.7 Å². The third kappa shape index (κ3) is 3.83. The Kier molecular flexibility index (Phi) is 4.77. The van der Waals surface area contributed by atoms with Crippen molar-refractivity contribution >= 4 is 11.9 Å². The Bertz CT molecular complexity index is 473. The number of aromatic carboxylic acids is 1. The van der Waals surface area contributed by atoms with Gasteiger partial charge < -0.3 is 10.0 Å². The largest absolute Gasteiger partial charge is 0.478 e. The monoisotopic (exact) mass is 275 g/mol. The first kappa shape index (κ1) is 14.6. The van der Waals surface area contributed by atoms with Crippen LogP contribution in [-0.4, -0.2) is 35.0 Å². The van der Waals surface area contributed by atoms with Gasteiger partial charge in [0, 0.05) is 19.5 Å². The van der Waals surface area contributed by atoms with Crippen molar-refractivity contribution in [1.29, 1.82) is 0 Å². The summed E-state index contributed by atoms with van der Waals surface area (Å²) in [5.74, 6) is 0.0110. The molecule has 4 nitrogen and oxygen atoms in total. The van der Waals surface area contributed by atoms with E-state index in [0.29, 0.717) is 12.8 Å². The molecule has 0 bridgehead atoms. The van der Waals surface area contributed by atoms with E-state index in [1.807, 2.05) is 4.90 Å². The smallest absolute Gasteiger partial charge is 0.335 e. The lowest BCUT2D eigenvalue weighted by atomic mass is 9.98. The van der Waals surface area contributed by atoms with Crippen molar-refractivity contribution in [3.8, 4) is 0 Å². The molecule has 0 saturated carbocycles. The molecule has 1 saturated heterocycles. The molecule has 108 valence electrons. The Morgan fingerprint density at radius 1 is 1.20 bits per heavy atom.